The Labute approximate surface area is 114 Å². The van der Waals surface area contributed by atoms with Crippen LogP contribution >= 0.6 is 11.6 Å². The van der Waals surface area contributed by atoms with Crippen molar-refractivity contribution in [2.45, 2.75) is 0 Å². The van der Waals surface area contributed by atoms with Crippen molar-refractivity contribution >= 4 is 29.1 Å². The van der Waals surface area contributed by atoms with Gasteiger partial charge in [0.1, 0.15) is 10.9 Å². The van der Waals surface area contributed by atoms with Crippen LogP contribution in [0.5, 0.6) is 5.75 Å². The second-order valence-electron chi connectivity index (χ2n) is 3.61. The number of hydrogen-bond donors (Lipinski definition) is 2. The van der Waals surface area contributed by atoms with Crippen LogP contribution in [-0.4, -0.2) is 22.5 Å². The molecule has 0 radical (unpaired) electrons. The van der Waals surface area contributed by atoms with Gasteiger partial charge in [0.05, 0.1) is 0 Å². The topological polar surface area (TPSA) is 90.1 Å². The summed E-state index contributed by atoms with van der Waals surface area (Å²) in [4.78, 5) is 19.3. The molecule has 0 saturated heterocycles. The third-order valence-electron chi connectivity index (χ3n) is 2.12. The fraction of sp³-hybridized carbons (Fsp3) is 0.0833. The summed E-state index contributed by atoms with van der Waals surface area (Å²) < 4.78 is 5.27. The molecule has 1 amide bonds. The molecule has 7 heteroatoms. The van der Waals surface area contributed by atoms with Crippen LogP contribution in [-0.2, 0) is 4.79 Å². The van der Waals surface area contributed by atoms with Crippen LogP contribution in [0.1, 0.15) is 0 Å². The molecule has 0 atom stereocenters. The van der Waals surface area contributed by atoms with Crippen molar-refractivity contribution in [3.8, 4) is 5.75 Å². The molecule has 0 aliphatic rings. The highest BCUT2D eigenvalue weighted by molar-refractivity contribution is 6.29. The molecule has 0 saturated carbocycles. The van der Waals surface area contributed by atoms with Gasteiger partial charge in [0.25, 0.3) is 5.91 Å². The van der Waals surface area contributed by atoms with Gasteiger partial charge in [-0.05, 0) is 30.3 Å². The summed E-state index contributed by atoms with van der Waals surface area (Å²) in [7, 11) is 0. The Balaban J connectivity index is 1.86. The quantitative estimate of drug-likeness (QED) is 0.656. The molecular formula is C12H11ClN4O2. The van der Waals surface area contributed by atoms with E-state index < -0.39 is 0 Å². The maximum atomic E-state index is 11.6. The molecule has 3 N–H and O–H groups in total. The number of carbonyl (C=O) groups excluding carboxylic acids is 1. The van der Waals surface area contributed by atoms with E-state index in [1.807, 2.05) is 0 Å². The van der Waals surface area contributed by atoms with Gasteiger partial charge >= 0.3 is 0 Å². The van der Waals surface area contributed by atoms with Crippen molar-refractivity contribution in [2.24, 2.45) is 0 Å². The fourth-order valence-electron chi connectivity index (χ4n) is 1.27. The summed E-state index contributed by atoms with van der Waals surface area (Å²) in [5.74, 6) is 0.314. The zero-order valence-electron chi connectivity index (χ0n) is 9.84. The lowest BCUT2D eigenvalue weighted by Gasteiger charge is -2.06. The van der Waals surface area contributed by atoms with Gasteiger partial charge in [0.2, 0.25) is 5.95 Å². The normalized spacial score (nSPS) is 9.95. The monoisotopic (exact) mass is 278 g/mol. The Morgan fingerprint density at radius 2 is 2.05 bits per heavy atom. The summed E-state index contributed by atoms with van der Waals surface area (Å²) >= 11 is 5.67. The molecule has 1 aromatic heterocycles. The molecule has 19 heavy (non-hydrogen) atoms. The average Bonchev–Trinajstić information content (AvgIpc) is 2.38. The first kappa shape index (κ1) is 13.1. The standard InChI is InChI=1S/C12H11ClN4O2/c13-10-5-6-15-12(16-10)17-11(18)7-19-9-3-1-8(14)2-4-9/h1-6H,7,14H2,(H,15,16,17,18). The minimum Gasteiger partial charge on any atom is -0.484 e. The molecule has 0 spiro atoms. The smallest absolute Gasteiger partial charge is 0.264 e. The Kier molecular flexibility index (Phi) is 4.15. The second kappa shape index (κ2) is 6.01. The Morgan fingerprint density at radius 1 is 1.32 bits per heavy atom. The highest BCUT2D eigenvalue weighted by Gasteiger charge is 2.06. The molecule has 1 aromatic carbocycles. The number of anilines is 2. The molecule has 2 aromatic rings. The fourth-order valence-corrected chi connectivity index (χ4v) is 1.41. The summed E-state index contributed by atoms with van der Waals surface area (Å²) in [6.45, 7) is -0.153. The van der Waals surface area contributed by atoms with Crippen molar-refractivity contribution in [3.05, 3.63) is 41.7 Å². The minimum atomic E-state index is -0.376. The van der Waals surface area contributed by atoms with Gasteiger partial charge in [-0.25, -0.2) is 9.97 Å². The first-order valence-electron chi connectivity index (χ1n) is 5.40. The van der Waals surface area contributed by atoms with Gasteiger partial charge in [-0.15, -0.1) is 0 Å². The van der Waals surface area contributed by atoms with Gasteiger partial charge in [-0.1, -0.05) is 11.6 Å². The first-order chi connectivity index (χ1) is 9.13. The SMILES string of the molecule is Nc1ccc(OCC(=O)Nc2nccc(Cl)n2)cc1. The summed E-state index contributed by atoms with van der Waals surface area (Å²) in [6.07, 6.45) is 1.45. The lowest BCUT2D eigenvalue weighted by molar-refractivity contribution is -0.118. The second-order valence-corrected chi connectivity index (χ2v) is 4.00. The van der Waals surface area contributed by atoms with E-state index in [2.05, 4.69) is 15.3 Å². The molecule has 2 rings (SSSR count). The third-order valence-corrected chi connectivity index (χ3v) is 2.33. The van der Waals surface area contributed by atoms with E-state index in [4.69, 9.17) is 22.1 Å². The Bertz CT molecular complexity index is 574. The Hall–Kier alpha value is -2.34. The number of ether oxygens (including phenoxy) is 1. The predicted molar refractivity (Wildman–Crippen MR) is 72.0 cm³/mol. The zero-order chi connectivity index (χ0) is 13.7. The van der Waals surface area contributed by atoms with Gasteiger partial charge in [-0.2, -0.15) is 0 Å². The van der Waals surface area contributed by atoms with Gasteiger partial charge in [0.15, 0.2) is 6.61 Å². The van der Waals surface area contributed by atoms with E-state index in [9.17, 15) is 4.79 Å². The van der Waals surface area contributed by atoms with Crippen molar-refractivity contribution in [1.29, 1.82) is 0 Å². The number of nitrogens with one attached hydrogen (secondary N) is 1. The van der Waals surface area contributed by atoms with Crippen molar-refractivity contribution in [1.82, 2.24) is 9.97 Å². The van der Waals surface area contributed by atoms with Gasteiger partial charge < -0.3 is 10.5 Å². The highest BCUT2D eigenvalue weighted by Crippen LogP contribution is 2.13. The van der Waals surface area contributed by atoms with E-state index in [-0.39, 0.29) is 23.6 Å². The van der Waals surface area contributed by atoms with E-state index in [1.54, 1.807) is 24.3 Å². The number of rotatable bonds is 4. The molecule has 0 aliphatic carbocycles. The van der Waals surface area contributed by atoms with Crippen LogP contribution < -0.4 is 15.8 Å². The lowest BCUT2D eigenvalue weighted by atomic mass is 10.3. The molecule has 0 bridgehead atoms. The van der Waals surface area contributed by atoms with Gasteiger partial charge in [0, 0.05) is 11.9 Å². The third kappa shape index (κ3) is 4.11. The van der Waals surface area contributed by atoms with Crippen LogP contribution in [0.3, 0.4) is 0 Å². The van der Waals surface area contributed by atoms with Crippen LogP contribution in [0.25, 0.3) is 0 Å². The van der Waals surface area contributed by atoms with Crippen LogP contribution in [0.15, 0.2) is 36.5 Å². The van der Waals surface area contributed by atoms with Crippen molar-refractivity contribution in [2.75, 3.05) is 17.7 Å². The number of aromatic nitrogens is 2. The number of nitrogens with two attached hydrogens (primary N) is 1. The van der Waals surface area contributed by atoms with E-state index in [1.165, 1.54) is 12.3 Å². The zero-order valence-corrected chi connectivity index (χ0v) is 10.6. The van der Waals surface area contributed by atoms with Crippen molar-refractivity contribution < 1.29 is 9.53 Å². The van der Waals surface area contributed by atoms with Crippen LogP contribution in [0.4, 0.5) is 11.6 Å². The summed E-state index contributed by atoms with van der Waals surface area (Å²) in [6, 6.07) is 8.25. The summed E-state index contributed by atoms with van der Waals surface area (Å²) in [5.41, 5.74) is 6.16. The average molecular weight is 279 g/mol. The van der Waals surface area contributed by atoms with E-state index in [0.717, 1.165) is 0 Å². The number of benzene rings is 1. The minimum absolute atomic E-state index is 0.137. The molecule has 6 nitrogen and oxygen atoms in total. The molecule has 0 unspecified atom stereocenters. The highest BCUT2D eigenvalue weighted by atomic mass is 35.5. The number of carbonyl (C=O) groups is 1. The number of hydrogen-bond acceptors (Lipinski definition) is 5. The number of nitrogen functional groups attached to an aromatic ring is 1. The maximum absolute atomic E-state index is 11.6. The van der Waals surface area contributed by atoms with Crippen LogP contribution in [0.2, 0.25) is 5.15 Å². The lowest BCUT2D eigenvalue weighted by Crippen LogP contribution is -2.21. The van der Waals surface area contributed by atoms with Gasteiger partial charge in [-0.3, -0.25) is 10.1 Å². The molecular weight excluding hydrogens is 268 g/mol. The van der Waals surface area contributed by atoms with Crippen LogP contribution in [0, 0.1) is 0 Å². The summed E-state index contributed by atoms with van der Waals surface area (Å²) in [5, 5.41) is 2.72. The van der Waals surface area contributed by atoms with Crippen molar-refractivity contribution in [3.63, 3.8) is 0 Å². The number of amides is 1. The molecule has 1 heterocycles. The largest absolute Gasteiger partial charge is 0.484 e. The molecule has 0 aliphatic heterocycles. The maximum Gasteiger partial charge on any atom is 0.264 e. The number of nitrogens with zero attached hydrogens (tertiary/aromatic N) is 2. The molecule has 98 valence electrons. The number of halogens is 1. The first-order valence-corrected chi connectivity index (χ1v) is 5.78. The predicted octanol–water partition coefficient (Wildman–Crippen LogP) is 1.73. The van der Waals surface area contributed by atoms with E-state index in [0.29, 0.717) is 11.4 Å². The molecule has 0 fully saturated rings. The Morgan fingerprint density at radius 3 is 2.74 bits per heavy atom. The van der Waals surface area contributed by atoms with E-state index >= 15 is 0 Å².